The Balaban J connectivity index is 1.48. The first-order chi connectivity index (χ1) is 14.8. The number of rotatable bonds is 6. The number of benzene rings is 4. The number of nitriles is 1. The lowest BCUT2D eigenvalue weighted by molar-refractivity contribution is 0.307. The molecule has 0 aliphatic carbocycles. The predicted molar refractivity (Wildman–Crippen MR) is 121 cm³/mol. The van der Waals surface area contributed by atoms with Crippen LogP contribution >= 0.6 is 0 Å². The average Bonchev–Trinajstić information content (AvgIpc) is 2.82. The van der Waals surface area contributed by atoms with E-state index >= 15 is 0 Å². The molecule has 0 unspecified atom stereocenters. The van der Waals surface area contributed by atoms with Crippen molar-refractivity contribution < 1.29 is 9.47 Å². The molecule has 0 saturated carbocycles. The van der Waals surface area contributed by atoms with Gasteiger partial charge in [0.05, 0.1) is 18.8 Å². The van der Waals surface area contributed by atoms with Crippen molar-refractivity contribution in [2.45, 2.75) is 6.61 Å². The summed E-state index contributed by atoms with van der Waals surface area (Å²) in [6.45, 7) is 0.506. The van der Waals surface area contributed by atoms with E-state index in [1.807, 2.05) is 66.7 Å². The van der Waals surface area contributed by atoms with Crippen LogP contribution in [0, 0.1) is 11.3 Å². The summed E-state index contributed by atoms with van der Waals surface area (Å²) >= 11 is 0. The molecule has 0 heterocycles. The highest BCUT2D eigenvalue weighted by atomic mass is 16.5. The molecule has 3 heteroatoms. The van der Waals surface area contributed by atoms with Crippen LogP contribution in [-0.2, 0) is 6.61 Å². The molecule has 0 N–H and O–H groups in total. The lowest BCUT2D eigenvalue weighted by Gasteiger charge is -2.09. The third-order valence-electron chi connectivity index (χ3n) is 4.99. The fraction of sp³-hybridized carbons (Fsp3) is 0.0741. The second-order valence-electron chi connectivity index (χ2n) is 6.89. The van der Waals surface area contributed by atoms with E-state index in [4.69, 9.17) is 9.47 Å². The van der Waals surface area contributed by atoms with Crippen LogP contribution in [0.3, 0.4) is 0 Å². The van der Waals surface area contributed by atoms with Crippen molar-refractivity contribution in [2.75, 3.05) is 7.11 Å². The molecule has 30 heavy (non-hydrogen) atoms. The Hall–Kier alpha value is -4.03. The summed E-state index contributed by atoms with van der Waals surface area (Å²) in [5.41, 5.74) is 3.56. The van der Waals surface area contributed by atoms with Crippen molar-refractivity contribution in [3.8, 4) is 17.6 Å². The van der Waals surface area contributed by atoms with Crippen molar-refractivity contribution >= 4 is 22.4 Å². The number of nitrogens with zero attached hydrogens (tertiary/aromatic N) is 1. The van der Waals surface area contributed by atoms with Gasteiger partial charge in [0, 0.05) is 0 Å². The molecule has 0 spiro atoms. The molecule has 0 radical (unpaired) electrons. The largest absolute Gasteiger partial charge is 0.497 e. The maximum atomic E-state index is 9.54. The minimum Gasteiger partial charge on any atom is -0.497 e. The number of hydrogen-bond donors (Lipinski definition) is 0. The van der Waals surface area contributed by atoms with Crippen LogP contribution in [0.5, 0.6) is 11.5 Å². The summed E-state index contributed by atoms with van der Waals surface area (Å²) in [7, 11) is 1.62. The van der Waals surface area contributed by atoms with Gasteiger partial charge in [-0.2, -0.15) is 5.26 Å². The Morgan fingerprint density at radius 1 is 0.833 bits per heavy atom. The first-order valence-corrected chi connectivity index (χ1v) is 9.72. The Morgan fingerprint density at radius 2 is 1.53 bits per heavy atom. The highest BCUT2D eigenvalue weighted by Gasteiger charge is 2.04. The second kappa shape index (κ2) is 8.98. The van der Waals surface area contributed by atoms with E-state index in [1.54, 1.807) is 7.11 Å². The molecular formula is C27H21NO2. The van der Waals surface area contributed by atoms with Crippen LogP contribution in [0.15, 0.2) is 91.0 Å². The normalized spacial score (nSPS) is 11.1. The molecule has 0 bridgehead atoms. The predicted octanol–water partition coefficient (Wildman–Crippen LogP) is 6.49. The van der Waals surface area contributed by atoms with Gasteiger partial charge in [-0.3, -0.25) is 0 Å². The van der Waals surface area contributed by atoms with E-state index in [0.717, 1.165) is 28.2 Å². The zero-order valence-electron chi connectivity index (χ0n) is 16.7. The van der Waals surface area contributed by atoms with E-state index in [0.29, 0.717) is 12.2 Å². The first kappa shape index (κ1) is 19.3. The smallest absolute Gasteiger partial charge is 0.119 e. The van der Waals surface area contributed by atoms with Gasteiger partial charge in [0.2, 0.25) is 0 Å². The summed E-state index contributed by atoms with van der Waals surface area (Å²) in [5, 5.41) is 12.0. The number of methoxy groups -OCH3 is 1. The van der Waals surface area contributed by atoms with E-state index in [-0.39, 0.29) is 0 Å². The van der Waals surface area contributed by atoms with Crippen molar-refractivity contribution in [3.05, 3.63) is 108 Å². The van der Waals surface area contributed by atoms with E-state index in [9.17, 15) is 5.26 Å². The van der Waals surface area contributed by atoms with Crippen LogP contribution in [0.4, 0.5) is 0 Å². The number of fused-ring (bicyclic) bond motifs is 1. The topological polar surface area (TPSA) is 42.2 Å². The van der Waals surface area contributed by atoms with Gasteiger partial charge in [0.25, 0.3) is 0 Å². The zero-order chi connectivity index (χ0) is 20.8. The summed E-state index contributed by atoms with van der Waals surface area (Å²) in [4.78, 5) is 0. The van der Waals surface area contributed by atoms with Gasteiger partial charge in [-0.25, -0.2) is 0 Å². The summed E-state index contributed by atoms with van der Waals surface area (Å²) in [6, 6.07) is 32.1. The Kier molecular flexibility index (Phi) is 5.78. The van der Waals surface area contributed by atoms with Gasteiger partial charge in [-0.05, 0) is 69.9 Å². The van der Waals surface area contributed by atoms with E-state index < -0.39 is 0 Å². The van der Waals surface area contributed by atoms with Crippen molar-refractivity contribution in [1.29, 1.82) is 5.26 Å². The molecule has 146 valence electrons. The lowest BCUT2D eigenvalue weighted by atomic mass is 10.0. The number of hydrogen-bond acceptors (Lipinski definition) is 3. The molecule has 0 fully saturated rings. The van der Waals surface area contributed by atoms with Gasteiger partial charge in [0.1, 0.15) is 18.1 Å². The Morgan fingerprint density at radius 3 is 2.27 bits per heavy atom. The molecule has 0 atom stereocenters. The fourth-order valence-corrected chi connectivity index (χ4v) is 3.36. The molecular weight excluding hydrogens is 370 g/mol. The van der Waals surface area contributed by atoms with Crippen LogP contribution in [0.25, 0.3) is 22.4 Å². The highest BCUT2D eigenvalue weighted by Crippen LogP contribution is 2.23. The minimum atomic E-state index is 0.506. The second-order valence-corrected chi connectivity index (χ2v) is 6.89. The molecule has 0 aliphatic heterocycles. The third-order valence-corrected chi connectivity index (χ3v) is 4.99. The molecule has 0 aliphatic rings. The van der Waals surface area contributed by atoms with Crippen LogP contribution in [-0.4, -0.2) is 7.11 Å². The molecule has 0 amide bonds. The van der Waals surface area contributed by atoms with Gasteiger partial charge < -0.3 is 9.47 Å². The van der Waals surface area contributed by atoms with Crippen LogP contribution in [0.1, 0.15) is 16.7 Å². The third kappa shape index (κ3) is 4.34. The maximum absolute atomic E-state index is 9.54. The van der Waals surface area contributed by atoms with E-state index in [1.165, 1.54) is 10.8 Å². The standard InChI is InChI=1S/C27H21NO2/c1-29-25-15-11-21(12-16-25)24(18-28)17-20-9-13-26(14-10-20)30-19-23-7-4-6-22-5-2-3-8-27(22)23/h2-17H,19H2,1H3/b24-17+. The highest BCUT2D eigenvalue weighted by molar-refractivity contribution is 5.89. The lowest BCUT2D eigenvalue weighted by Crippen LogP contribution is -1.96. The molecule has 4 aromatic carbocycles. The monoisotopic (exact) mass is 391 g/mol. The van der Waals surface area contributed by atoms with Crippen molar-refractivity contribution in [2.24, 2.45) is 0 Å². The van der Waals surface area contributed by atoms with Crippen molar-refractivity contribution in [1.82, 2.24) is 0 Å². The summed E-state index contributed by atoms with van der Waals surface area (Å²) in [6.07, 6.45) is 1.87. The van der Waals surface area contributed by atoms with Crippen LogP contribution in [0.2, 0.25) is 0 Å². The van der Waals surface area contributed by atoms with Crippen molar-refractivity contribution in [3.63, 3.8) is 0 Å². The minimum absolute atomic E-state index is 0.506. The molecule has 0 aromatic heterocycles. The number of allylic oxidation sites excluding steroid dienone is 1. The maximum Gasteiger partial charge on any atom is 0.119 e. The molecule has 3 nitrogen and oxygen atoms in total. The SMILES string of the molecule is COc1ccc(/C(C#N)=C/c2ccc(OCc3cccc4ccccc34)cc2)cc1. The van der Waals surface area contributed by atoms with Crippen LogP contribution < -0.4 is 9.47 Å². The first-order valence-electron chi connectivity index (χ1n) is 9.72. The number of ether oxygens (including phenoxy) is 2. The zero-order valence-corrected chi connectivity index (χ0v) is 16.7. The summed E-state index contributed by atoms with van der Waals surface area (Å²) in [5.74, 6) is 1.56. The van der Waals surface area contributed by atoms with Gasteiger partial charge >= 0.3 is 0 Å². The summed E-state index contributed by atoms with van der Waals surface area (Å²) < 4.78 is 11.2. The quantitative estimate of drug-likeness (QED) is 0.279. The fourth-order valence-electron chi connectivity index (χ4n) is 3.36. The Bertz CT molecular complexity index is 1210. The Labute approximate surface area is 176 Å². The van der Waals surface area contributed by atoms with E-state index in [2.05, 4.69) is 36.4 Å². The van der Waals surface area contributed by atoms with Gasteiger partial charge in [-0.15, -0.1) is 0 Å². The average molecular weight is 391 g/mol. The van der Waals surface area contributed by atoms with Gasteiger partial charge in [-0.1, -0.05) is 54.6 Å². The molecule has 4 rings (SSSR count). The molecule has 4 aromatic rings. The molecule has 0 saturated heterocycles. The van der Waals surface area contributed by atoms with Gasteiger partial charge in [0.15, 0.2) is 0 Å².